The number of nitrogens with zero attached hydrogens (tertiary/aromatic N) is 5. The molecule has 1 saturated heterocycles. The van der Waals surface area contributed by atoms with Gasteiger partial charge >= 0.3 is 6.03 Å². The maximum Gasteiger partial charge on any atom is 0.317 e. The second-order valence-corrected chi connectivity index (χ2v) is 7.12. The molecule has 2 amide bonds. The molecule has 0 atom stereocenters. The number of anilines is 1. The smallest absolute Gasteiger partial charge is 0.317 e. The van der Waals surface area contributed by atoms with E-state index >= 15 is 0 Å². The van der Waals surface area contributed by atoms with Gasteiger partial charge in [-0.2, -0.15) is 0 Å². The Morgan fingerprint density at radius 2 is 1.83 bits per heavy atom. The zero-order chi connectivity index (χ0) is 20.2. The molecule has 3 aromatic rings. The van der Waals surface area contributed by atoms with Crippen LogP contribution in [0.1, 0.15) is 17.0 Å². The number of nitrogens with one attached hydrogen (secondary N) is 1. The maximum atomic E-state index is 12.5. The Morgan fingerprint density at radius 1 is 1.07 bits per heavy atom. The topological polar surface area (TPSA) is 87.4 Å². The molecule has 0 saturated carbocycles. The van der Waals surface area contributed by atoms with Gasteiger partial charge in [-0.05, 0) is 24.6 Å². The highest BCUT2D eigenvalue weighted by Gasteiger charge is 2.24. The summed E-state index contributed by atoms with van der Waals surface area (Å²) in [5, 5.41) is 11.0. The summed E-state index contributed by atoms with van der Waals surface area (Å²) in [6.45, 7) is 6.97. The fraction of sp³-hybridized carbons (Fsp3) is 0.333. The molecule has 0 radical (unpaired) electrons. The Bertz CT molecular complexity index is 977. The first-order chi connectivity index (χ1) is 14.1. The van der Waals surface area contributed by atoms with Gasteiger partial charge < -0.3 is 19.5 Å². The first-order valence-electron chi connectivity index (χ1n) is 9.69. The third kappa shape index (κ3) is 4.37. The summed E-state index contributed by atoms with van der Waals surface area (Å²) >= 11 is 0. The average Bonchev–Trinajstić information content (AvgIpc) is 3.19. The van der Waals surface area contributed by atoms with Crippen molar-refractivity contribution < 1.29 is 9.21 Å². The first-order valence-corrected chi connectivity index (χ1v) is 9.69. The van der Waals surface area contributed by atoms with Crippen molar-refractivity contribution in [1.82, 2.24) is 25.4 Å². The van der Waals surface area contributed by atoms with Gasteiger partial charge in [-0.3, -0.25) is 0 Å². The van der Waals surface area contributed by atoms with Crippen LogP contribution in [0.5, 0.6) is 0 Å². The molecule has 8 nitrogen and oxygen atoms in total. The number of rotatable bonds is 4. The summed E-state index contributed by atoms with van der Waals surface area (Å²) in [6.07, 6.45) is 1.75. The van der Waals surface area contributed by atoms with Gasteiger partial charge in [-0.1, -0.05) is 29.8 Å². The minimum absolute atomic E-state index is 0.0426. The van der Waals surface area contributed by atoms with Crippen molar-refractivity contribution >= 4 is 11.8 Å². The fourth-order valence-corrected chi connectivity index (χ4v) is 3.34. The van der Waals surface area contributed by atoms with Gasteiger partial charge in [-0.25, -0.2) is 9.78 Å². The molecule has 1 fully saturated rings. The number of carbonyl (C=O) groups is 1. The van der Waals surface area contributed by atoms with Crippen molar-refractivity contribution in [2.75, 3.05) is 31.1 Å². The minimum atomic E-state index is -0.0426. The van der Waals surface area contributed by atoms with Crippen LogP contribution in [0.4, 0.5) is 10.6 Å². The van der Waals surface area contributed by atoms with Crippen molar-refractivity contribution in [3.05, 3.63) is 59.6 Å². The van der Waals surface area contributed by atoms with E-state index in [1.165, 1.54) is 5.56 Å². The number of hydrogen-bond acceptors (Lipinski definition) is 6. The van der Waals surface area contributed by atoms with E-state index in [1.807, 2.05) is 29.2 Å². The number of carbonyl (C=O) groups excluding carboxylic acids is 1. The molecule has 29 heavy (non-hydrogen) atoms. The molecule has 3 heterocycles. The summed E-state index contributed by atoms with van der Waals surface area (Å²) in [5.41, 5.74) is 3.11. The third-order valence-electron chi connectivity index (χ3n) is 4.97. The highest BCUT2D eigenvalue weighted by atomic mass is 16.4. The molecule has 0 bridgehead atoms. The van der Waals surface area contributed by atoms with Crippen LogP contribution in [0, 0.1) is 13.8 Å². The largest absolute Gasteiger partial charge is 0.421 e. The Kier molecular flexibility index (Phi) is 5.41. The van der Waals surface area contributed by atoms with Crippen LogP contribution < -0.4 is 10.2 Å². The molecular formula is C21H24N6O2. The minimum Gasteiger partial charge on any atom is -0.421 e. The molecule has 1 aliphatic rings. The summed E-state index contributed by atoms with van der Waals surface area (Å²) < 4.78 is 5.58. The first kappa shape index (κ1) is 18.9. The van der Waals surface area contributed by atoms with Gasteiger partial charge in [-0.15, -0.1) is 10.2 Å². The molecule has 2 aromatic heterocycles. The van der Waals surface area contributed by atoms with E-state index in [2.05, 4.69) is 44.5 Å². The van der Waals surface area contributed by atoms with Crippen LogP contribution in [0.25, 0.3) is 11.5 Å². The van der Waals surface area contributed by atoms with E-state index in [0.717, 1.165) is 16.9 Å². The highest BCUT2D eigenvalue weighted by Crippen LogP contribution is 2.28. The number of pyridine rings is 1. The van der Waals surface area contributed by atoms with E-state index in [9.17, 15) is 4.79 Å². The quantitative estimate of drug-likeness (QED) is 0.735. The van der Waals surface area contributed by atoms with Crippen molar-refractivity contribution in [3.63, 3.8) is 0 Å². The number of urea groups is 1. The standard InChI is InChI=1S/C21H24N6O2/c1-15-5-7-17(8-6-15)14-23-21(28)27-12-10-26(11-13-27)19-18(4-3-9-22-19)20-25-24-16(2)29-20/h3-9H,10-14H2,1-2H3,(H,23,28). The molecule has 1 aliphatic heterocycles. The lowest BCUT2D eigenvalue weighted by Crippen LogP contribution is -2.52. The van der Waals surface area contributed by atoms with E-state index in [4.69, 9.17) is 4.42 Å². The van der Waals surface area contributed by atoms with Crippen LogP contribution >= 0.6 is 0 Å². The molecule has 0 unspecified atom stereocenters. The van der Waals surface area contributed by atoms with Crippen LogP contribution in [-0.2, 0) is 6.54 Å². The summed E-state index contributed by atoms with van der Waals surface area (Å²) in [5.74, 6) is 1.78. The molecular weight excluding hydrogens is 368 g/mol. The van der Waals surface area contributed by atoms with Gasteiger partial charge in [0.15, 0.2) is 0 Å². The van der Waals surface area contributed by atoms with Gasteiger partial charge in [0.2, 0.25) is 5.89 Å². The monoisotopic (exact) mass is 392 g/mol. The summed E-state index contributed by atoms with van der Waals surface area (Å²) in [7, 11) is 0. The normalized spacial score (nSPS) is 14.1. The van der Waals surface area contributed by atoms with Crippen molar-refractivity contribution in [2.24, 2.45) is 0 Å². The average molecular weight is 392 g/mol. The molecule has 1 N–H and O–H groups in total. The number of benzene rings is 1. The molecule has 0 spiro atoms. The number of piperazine rings is 1. The Hall–Kier alpha value is -3.42. The van der Waals surface area contributed by atoms with E-state index in [1.54, 1.807) is 13.1 Å². The SMILES string of the molecule is Cc1ccc(CNC(=O)N2CCN(c3ncccc3-c3nnc(C)o3)CC2)cc1. The third-order valence-corrected chi connectivity index (χ3v) is 4.97. The fourth-order valence-electron chi connectivity index (χ4n) is 3.34. The Labute approximate surface area is 169 Å². The van der Waals surface area contributed by atoms with Crippen molar-refractivity contribution in [1.29, 1.82) is 0 Å². The molecule has 8 heteroatoms. The predicted molar refractivity (Wildman–Crippen MR) is 109 cm³/mol. The maximum absolute atomic E-state index is 12.5. The number of aryl methyl sites for hydroxylation is 2. The lowest BCUT2D eigenvalue weighted by molar-refractivity contribution is 0.194. The highest BCUT2D eigenvalue weighted by molar-refractivity contribution is 5.75. The summed E-state index contributed by atoms with van der Waals surface area (Å²) in [6, 6.07) is 11.9. The zero-order valence-electron chi connectivity index (χ0n) is 16.6. The lowest BCUT2D eigenvalue weighted by atomic mass is 10.1. The Balaban J connectivity index is 1.36. The lowest BCUT2D eigenvalue weighted by Gasteiger charge is -2.35. The van der Waals surface area contributed by atoms with E-state index in [-0.39, 0.29) is 6.03 Å². The number of aromatic nitrogens is 3. The van der Waals surface area contributed by atoms with Crippen LogP contribution in [0.3, 0.4) is 0 Å². The van der Waals surface area contributed by atoms with Crippen LogP contribution in [0.2, 0.25) is 0 Å². The number of hydrogen-bond donors (Lipinski definition) is 1. The molecule has 4 rings (SSSR count). The van der Waals surface area contributed by atoms with Gasteiger partial charge in [0.05, 0.1) is 5.56 Å². The van der Waals surface area contributed by atoms with Gasteiger partial charge in [0, 0.05) is 45.8 Å². The summed E-state index contributed by atoms with van der Waals surface area (Å²) in [4.78, 5) is 21.0. The van der Waals surface area contributed by atoms with Gasteiger partial charge in [0.1, 0.15) is 5.82 Å². The molecule has 0 aliphatic carbocycles. The molecule has 1 aromatic carbocycles. The van der Waals surface area contributed by atoms with Crippen LogP contribution in [-0.4, -0.2) is 52.3 Å². The molecule has 150 valence electrons. The second kappa shape index (κ2) is 8.30. The van der Waals surface area contributed by atoms with E-state index < -0.39 is 0 Å². The van der Waals surface area contributed by atoms with Crippen LogP contribution in [0.15, 0.2) is 47.0 Å². The van der Waals surface area contributed by atoms with Gasteiger partial charge in [0.25, 0.3) is 5.89 Å². The van der Waals surface area contributed by atoms with Crippen molar-refractivity contribution in [3.8, 4) is 11.5 Å². The predicted octanol–water partition coefficient (Wildman–Crippen LogP) is 2.78. The Morgan fingerprint density at radius 3 is 2.52 bits per heavy atom. The van der Waals surface area contributed by atoms with Crippen molar-refractivity contribution in [2.45, 2.75) is 20.4 Å². The second-order valence-electron chi connectivity index (χ2n) is 7.12. The number of amides is 2. The van der Waals surface area contributed by atoms with E-state index in [0.29, 0.717) is 44.5 Å². The zero-order valence-corrected chi connectivity index (χ0v) is 16.6.